The number of anilines is 1. The number of aromatic hydroxyl groups is 1. The number of benzene rings is 2. The van der Waals surface area contributed by atoms with Gasteiger partial charge in [0.1, 0.15) is 11.5 Å². The van der Waals surface area contributed by atoms with Crippen LogP contribution in [0.1, 0.15) is 23.7 Å². The topological polar surface area (TPSA) is 58.6 Å². The Bertz CT molecular complexity index is 626. The van der Waals surface area contributed by atoms with Gasteiger partial charge in [0, 0.05) is 5.69 Å². The molecule has 0 unspecified atom stereocenters. The van der Waals surface area contributed by atoms with Gasteiger partial charge in [-0.15, -0.1) is 0 Å². The van der Waals surface area contributed by atoms with E-state index >= 15 is 0 Å². The van der Waals surface area contributed by atoms with Crippen LogP contribution in [-0.4, -0.2) is 17.6 Å². The molecule has 0 atom stereocenters. The second kappa shape index (κ2) is 6.99. The van der Waals surface area contributed by atoms with Crippen LogP contribution in [0.15, 0.2) is 42.5 Å². The fourth-order valence-corrected chi connectivity index (χ4v) is 1.94. The second-order valence-corrected chi connectivity index (χ2v) is 4.90. The first-order valence-electron chi connectivity index (χ1n) is 6.63. The molecule has 2 aromatic carbocycles. The maximum atomic E-state index is 12.1. The maximum absolute atomic E-state index is 12.1. The summed E-state index contributed by atoms with van der Waals surface area (Å²) in [6, 6.07) is 11.3. The van der Waals surface area contributed by atoms with Gasteiger partial charge in [0.05, 0.1) is 17.2 Å². The van der Waals surface area contributed by atoms with E-state index in [9.17, 15) is 9.90 Å². The Balaban J connectivity index is 2.07. The van der Waals surface area contributed by atoms with Crippen LogP contribution >= 0.6 is 11.6 Å². The van der Waals surface area contributed by atoms with Gasteiger partial charge in [-0.25, -0.2) is 0 Å². The monoisotopic (exact) mass is 305 g/mol. The summed E-state index contributed by atoms with van der Waals surface area (Å²) in [6.45, 7) is 2.69. The lowest BCUT2D eigenvalue weighted by Crippen LogP contribution is -2.12. The first-order valence-corrected chi connectivity index (χ1v) is 7.00. The second-order valence-electron chi connectivity index (χ2n) is 4.49. The lowest BCUT2D eigenvalue weighted by Gasteiger charge is -2.09. The lowest BCUT2D eigenvalue weighted by molar-refractivity contribution is 0.102. The summed E-state index contributed by atoms with van der Waals surface area (Å²) in [4.78, 5) is 12.1. The van der Waals surface area contributed by atoms with Gasteiger partial charge in [0.2, 0.25) is 0 Å². The molecule has 2 N–H and O–H groups in total. The molecule has 0 fully saturated rings. The molecule has 2 aromatic rings. The minimum Gasteiger partial charge on any atom is -0.508 e. The van der Waals surface area contributed by atoms with Gasteiger partial charge in [0.25, 0.3) is 5.91 Å². The van der Waals surface area contributed by atoms with Crippen molar-refractivity contribution in [1.82, 2.24) is 0 Å². The molecule has 0 bridgehead atoms. The summed E-state index contributed by atoms with van der Waals surface area (Å²) in [5.41, 5.74) is 0.853. The van der Waals surface area contributed by atoms with Crippen molar-refractivity contribution in [2.45, 2.75) is 13.3 Å². The van der Waals surface area contributed by atoms with Crippen molar-refractivity contribution in [3.63, 3.8) is 0 Å². The quantitative estimate of drug-likeness (QED) is 0.875. The first-order chi connectivity index (χ1) is 10.1. The van der Waals surface area contributed by atoms with Crippen molar-refractivity contribution < 1.29 is 14.6 Å². The zero-order chi connectivity index (χ0) is 15.2. The molecule has 0 heterocycles. The minimum absolute atomic E-state index is 0.00661. The number of carbonyl (C=O) groups is 1. The Morgan fingerprint density at radius 3 is 2.62 bits per heavy atom. The highest BCUT2D eigenvalue weighted by Gasteiger charge is 2.11. The summed E-state index contributed by atoms with van der Waals surface area (Å²) in [7, 11) is 0. The number of hydrogen-bond acceptors (Lipinski definition) is 3. The standard InChI is InChI=1S/C16H16ClNO3/c1-2-9-21-13-6-3-11(4-7-13)18-16(20)14-10-12(19)5-8-15(14)17/h3-8,10,19H,2,9H2,1H3,(H,18,20). The van der Waals surface area contributed by atoms with Gasteiger partial charge in [-0.3, -0.25) is 4.79 Å². The van der Waals surface area contributed by atoms with Crippen LogP contribution in [0.5, 0.6) is 11.5 Å². The van der Waals surface area contributed by atoms with Gasteiger partial charge < -0.3 is 15.2 Å². The molecule has 5 heteroatoms. The predicted molar refractivity (Wildman–Crippen MR) is 83.3 cm³/mol. The minimum atomic E-state index is -0.377. The molecule has 0 saturated carbocycles. The van der Waals surface area contributed by atoms with Crippen molar-refractivity contribution in [2.24, 2.45) is 0 Å². The van der Waals surface area contributed by atoms with E-state index in [4.69, 9.17) is 16.3 Å². The molecular weight excluding hydrogens is 290 g/mol. The number of hydrogen-bond donors (Lipinski definition) is 2. The van der Waals surface area contributed by atoms with Crippen molar-refractivity contribution in [2.75, 3.05) is 11.9 Å². The van der Waals surface area contributed by atoms with Crippen molar-refractivity contribution in [3.8, 4) is 11.5 Å². The number of carbonyl (C=O) groups excluding carboxylic acids is 1. The number of phenols is 1. The first kappa shape index (κ1) is 15.2. The van der Waals surface area contributed by atoms with Gasteiger partial charge in [0.15, 0.2) is 0 Å². The number of rotatable bonds is 5. The van der Waals surface area contributed by atoms with E-state index in [1.807, 2.05) is 6.92 Å². The third-order valence-electron chi connectivity index (χ3n) is 2.78. The highest BCUT2D eigenvalue weighted by atomic mass is 35.5. The number of phenolic OH excluding ortho intramolecular Hbond substituents is 1. The molecular formula is C16H16ClNO3. The Morgan fingerprint density at radius 1 is 1.24 bits per heavy atom. The third-order valence-corrected chi connectivity index (χ3v) is 3.11. The van der Waals surface area contributed by atoms with Crippen molar-refractivity contribution in [1.29, 1.82) is 0 Å². The van der Waals surface area contributed by atoms with Crippen LogP contribution in [0, 0.1) is 0 Å². The normalized spacial score (nSPS) is 10.2. The molecule has 0 aromatic heterocycles. The predicted octanol–water partition coefficient (Wildman–Crippen LogP) is 4.09. The third kappa shape index (κ3) is 4.13. The molecule has 0 aliphatic rings. The Kier molecular flexibility index (Phi) is 5.06. The van der Waals surface area contributed by atoms with Gasteiger partial charge in [-0.05, 0) is 48.9 Å². The van der Waals surface area contributed by atoms with E-state index in [0.29, 0.717) is 12.3 Å². The van der Waals surface area contributed by atoms with Crippen molar-refractivity contribution in [3.05, 3.63) is 53.1 Å². The van der Waals surface area contributed by atoms with E-state index in [2.05, 4.69) is 5.32 Å². The van der Waals surface area contributed by atoms with E-state index in [0.717, 1.165) is 12.2 Å². The molecule has 2 rings (SSSR count). The number of nitrogens with one attached hydrogen (secondary N) is 1. The lowest BCUT2D eigenvalue weighted by atomic mass is 10.2. The van der Waals surface area contributed by atoms with Gasteiger partial charge in [-0.2, -0.15) is 0 Å². The molecule has 0 radical (unpaired) electrons. The summed E-state index contributed by atoms with van der Waals surface area (Å²) < 4.78 is 5.47. The molecule has 21 heavy (non-hydrogen) atoms. The summed E-state index contributed by atoms with van der Waals surface area (Å²) in [5.74, 6) is 0.372. The van der Waals surface area contributed by atoms with E-state index in [1.54, 1.807) is 24.3 Å². The zero-order valence-electron chi connectivity index (χ0n) is 11.6. The van der Waals surface area contributed by atoms with Gasteiger partial charge >= 0.3 is 0 Å². The van der Waals surface area contributed by atoms with Crippen LogP contribution in [0.25, 0.3) is 0 Å². The average Bonchev–Trinajstić information content (AvgIpc) is 2.49. The smallest absolute Gasteiger partial charge is 0.257 e. The molecule has 0 aliphatic carbocycles. The zero-order valence-corrected chi connectivity index (χ0v) is 12.4. The van der Waals surface area contributed by atoms with Crippen LogP contribution in [0.3, 0.4) is 0 Å². The Morgan fingerprint density at radius 2 is 1.95 bits per heavy atom. The Hall–Kier alpha value is -2.20. The summed E-state index contributed by atoms with van der Waals surface area (Å²) >= 11 is 5.95. The SMILES string of the molecule is CCCOc1ccc(NC(=O)c2cc(O)ccc2Cl)cc1. The molecule has 1 amide bonds. The van der Waals surface area contributed by atoms with Crippen LogP contribution < -0.4 is 10.1 Å². The van der Waals surface area contributed by atoms with Crippen LogP contribution in [0.2, 0.25) is 5.02 Å². The van der Waals surface area contributed by atoms with E-state index < -0.39 is 0 Å². The van der Waals surface area contributed by atoms with Gasteiger partial charge in [-0.1, -0.05) is 18.5 Å². The van der Waals surface area contributed by atoms with Crippen LogP contribution in [0.4, 0.5) is 5.69 Å². The molecule has 0 saturated heterocycles. The van der Waals surface area contributed by atoms with Crippen LogP contribution in [-0.2, 0) is 0 Å². The molecule has 0 spiro atoms. The largest absolute Gasteiger partial charge is 0.508 e. The fourth-order valence-electron chi connectivity index (χ4n) is 1.74. The summed E-state index contributed by atoms with van der Waals surface area (Å²) in [6.07, 6.45) is 0.939. The summed E-state index contributed by atoms with van der Waals surface area (Å²) in [5, 5.41) is 12.4. The van der Waals surface area contributed by atoms with E-state index in [-0.39, 0.29) is 22.2 Å². The number of halogens is 1. The molecule has 0 aliphatic heterocycles. The molecule has 4 nitrogen and oxygen atoms in total. The maximum Gasteiger partial charge on any atom is 0.257 e. The highest BCUT2D eigenvalue weighted by Crippen LogP contribution is 2.23. The number of amides is 1. The van der Waals surface area contributed by atoms with E-state index in [1.165, 1.54) is 18.2 Å². The number of ether oxygens (including phenoxy) is 1. The Labute approximate surface area is 128 Å². The highest BCUT2D eigenvalue weighted by molar-refractivity contribution is 6.34. The molecule has 110 valence electrons. The van der Waals surface area contributed by atoms with Crippen molar-refractivity contribution >= 4 is 23.2 Å². The average molecular weight is 306 g/mol. The fraction of sp³-hybridized carbons (Fsp3) is 0.188.